The highest BCUT2D eigenvalue weighted by atomic mass is 14.9. The van der Waals surface area contributed by atoms with Gasteiger partial charge in [0.05, 0.1) is 0 Å². The molecule has 0 fully saturated rings. The number of anilines is 2. The molecular weight excluding hydrogens is 326 g/mol. The van der Waals surface area contributed by atoms with Crippen molar-refractivity contribution < 1.29 is 0 Å². The first-order chi connectivity index (χ1) is 13.3. The largest absolute Gasteiger partial charge is 0.356 e. The molecule has 1 heteroatoms. The zero-order valence-corrected chi connectivity index (χ0v) is 15.0. The number of rotatable bonds is 2. The van der Waals surface area contributed by atoms with Gasteiger partial charge in [0.1, 0.15) is 0 Å². The SMILES string of the molecule is c1ccc2c(c1)Cc1cc(Nc3ccc4c(c3)Cc3ccccc3-4)ccc1-2. The van der Waals surface area contributed by atoms with Crippen LogP contribution >= 0.6 is 0 Å². The highest BCUT2D eigenvalue weighted by Gasteiger charge is 2.19. The lowest BCUT2D eigenvalue weighted by molar-refractivity contribution is 1.26. The van der Waals surface area contributed by atoms with Gasteiger partial charge in [0.15, 0.2) is 0 Å². The maximum atomic E-state index is 3.62. The van der Waals surface area contributed by atoms with Gasteiger partial charge >= 0.3 is 0 Å². The zero-order valence-electron chi connectivity index (χ0n) is 15.0. The maximum absolute atomic E-state index is 3.62. The molecule has 0 aromatic heterocycles. The van der Waals surface area contributed by atoms with E-state index in [-0.39, 0.29) is 0 Å². The summed E-state index contributed by atoms with van der Waals surface area (Å²) >= 11 is 0. The first-order valence-electron chi connectivity index (χ1n) is 9.54. The molecule has 4 aromatic rings. The molecule has 27 heavy (non-hydrogen) atoms. The molecule has 0 spiro atoms. The van der Waals surface area contributed by atoms with Gasteiger partial charge in [-0.25, -0.2) is 0 Å². The molecule has 6 rings (SSSR count). The van der Waals surface area contributed by atoms with Gasteiger partial charge in [-0.2, -0.15) is 0 Å². The third kappa shape index (κ3) is 2.32. The van der Waals surface area contributed by atoms with Gasteiger partial charge in [-0.1, -0.05) is 60.7 Å². The number of hydrogen-bond acceptors (Lipinski definition) is 1. The van der Waals surface area contributed by atoms with Crippen LogP contribution in [-0.4, -0.2) is 0 Å². The topological polar surface area (TPSA) is 12.0 Å². The number of benzene rings is 4. The Morgan fingerprint density at radius 3 is 1.41 bits per heavy atom. The highest BCUT2D eigenvalue weighted by molar-refractivity contribution is 5.81. The van der Waals surface area contributed by atoms with Crippen LogP contribution in [0.4, 0.5) is 11.4 Å². The molecule has 0 aliphatic heterocycles. The number of fused-ring (bicyclic) bond motifs is 6. The van der Waals surface area contributed by atoms with Gasteiger partial charge in [-0.3, -0.25) is 0 Å². The second-order valence-corrected chi connectivity index (χ2v) is 7.54. The summed E-state index contributed by atoms with van der Waals surface area (Å²) in [7, 11) is 0. The van der Waals surface area contributed by atoms with E-state index in [0.29, 0.717) is 0 Å². The standard InChI is InChI=1S/C26H19N/c1-3-7-23-17(5-1)13-19-15-21(9-11-25(19)23)27-22-10-12-26-20(16-22)14-18-6-2-4-8-24(18)26/h1-12,15-16,27H,13-14H2. The molecule has 0 bridgehead atoms. The smallest absolute Gasteiger partial charge is 0.0387 e. The Hall–Kier alpha value is -3.32. The molecule has 0 atom stereocenters. The van der Waals surface area contributed by atoms with Crippen LogP contribution in [0.1, 0.15) is 22.3 Å². The lowest BCUT2D eigenvalue weighted by Gasteiger charge is -2.10. The van der Waals surface area contributed by atoms with Crippen molar-refractivity contribution >= 4 is 11.4 Å². The Morgan fingerprint density at radius 2 is 0.889 bits per heavy atom. The first-order valence-corrected chi connectivity index (χ1v) is 9.54. The van der Waals surface area contributed by atoms with Crippen molar-refractivity contribution in [3.8, 4) is 22.3 Å². The van der Waals surface area contributed by atoms with Gasteiger partial charge in [-0.05, 0) is 81.6 Å². The molecule has 2 aliphatic rings. The quantitative estimate of drug-likeness (QED) is 0.374. The van der Waals surface area contributed by atoms with Crippen LogP contribution in [0, 0.1) is 0 Å². The first kappa shape index (κ1) is 14.8. The predicted molar refractivity (Wildman–Crippen MR) is 113 cm³/mol. The second kappa shape index (κ2) is 5.59. The van der Waals surface area contributed by atoms with Gasteiger partial charge in [0.25, 0.3) is 0 Å². The molecule has 128 valence electrons. The molecule has 0 heterocycles. The van der Waals surface area contributed by atoms with Crippen molar-refractivity contribution in [2.24, 2.45) is 0 Å². The lowest BCUT2D eigenvalue weighted by Crippen LogP contribution is -1.93. The lowest BCUT2D eigenvalue weighted by atomic mass is 10.0. The Bertz CT molecular complexity index is 1110. The Labute approximate surface area is 159 Å². The van der Waals surface area contributed by atoms with Gasteiger partial charge < -0.3 is 5.32 Å². The zero-order chi connectivity index (χ0) is 17.8. The van der Waals surface area contributed by atoms with Crippen molar-refractivity contribution in [1.29, 1.82) is 0 Å². The minimum Gasteiger partial charge on any atom is -0.356 e. The molecule has 2 aliphatic carbocycles. The van der Waals surface area contributed by atoms with E-state index in [4.69, 9.17) is 0 Å². The van der Waals surface area contributed by atoms with Crippen LogP contribution in [0.25, 0.3) is 22.3 Å². The normalized spacial score (nSPS) is 12.9. The van der Waals surface area contributed by atoms with Crippen LogP contribution in [0.2, 0.25) is 0 Å². The minimum atomic E-state index is 1.03. The fourth-order valence-electron chi connectivity index (χ4n) is 4.61. The third-order valence-corrected chi connectivity index (χ3v) is 5.88. The van der Waals surface area contributed by atoms with Gasteiger partial charge in [0.2, 0.25) is 0 Å². The van der Waals surface area contributed by atoms with Crippen molar-refractivity contribution in [1.82, 2.24) is 0 Å². The second-order valence-electron chi connectivity index (χ2n) is 7.54. The van der Waals surface area contributed by atoms with E-state index in [1.165, 1.54) is 44.5 Å². The summed E-state index contributed by atoms with van der Waals surface area (Å²) in [5, 5.41) is 3.62. The van der Waals surface area contributed by atoms with Crippen molar-refractivity contribution in [3.63, 3.8) is 0 Å². The van der Waals surface area contributed by atoms with Crippen molar-refractivity contribution in [2.75, 3.05) is 5.32 Å². The van der Waals surface area contributed by atoms with Crippen LogP contribution < -0.4 is 5.32 Å². The highest BCUT2D eigenvalue weighted by Crippen LogP contribution is 2.40. The van der Waals surface area contributed by atoms with E-state index in [2.05, 4.69) is 90.2 Å². The molecule has 0 amide bonds. The van der Waals surface area contributed by atoms with E-state index in [0.717, 1.165) is 24.2 Å². The Kier molecular flexibility index (Phi) is 3.06. The van der Waals surface area contributed by atoms with E-state index in [1.54, 1.807) is 0 Å². The van der Waals surface area contributed by atoms with E-state index >= 15 is 0 Å². The monoisotopic (exact) mass is 345 g/mol. The summed E-state index contributed by atoms with van der Waals surface area (Å²) in [5.74, 6) is 0. The summed E-state index contributed by atoms with van der Waals surface area (Å²) < 4.78 is 0. The maximum Gasteiger partial charge on any atom is 0.0387 e. The molecule has 0 saturated heterocycles. The van der Waals surface area contributed by atoms with E-state index in [9.17, 15) is 0 Å². The fraction of sp³-hybridized carbons (Fsp3) is 0.0769. The average Bonchev–Trinajstić information content (AvgIpc) is 3.25. The average molecular weight is 345 g/mol. The summed E-state index contributed by atoms with van der Waals surface area (Å²) in [6, 6.07) is 31.0. The molecule has 0 saturated carbocycles. The van der Waals surface area contributed by atoms with Crippen LogP contribution in [0.3, 0.4) is 0 Å². The van der Waals surface area contributed by atoms with Gasteiger partial charge in [-0.15, -0.1) is 0 Å². The molecule has 0 radical (unpaired) electrons. The summed E-state index contributed by atoms with van der Waals surface area (Å²) in [6.07, 6.45) is 2.06. The van der Waals surface area contributed by atoms with Crippen LogP contribution in [0.15, 0.2) is 84.9 Å². The minimum absolute atomic E-state index is 1.03. The molecule has 1 N–H and O–H groups in total. The number of nitrogens with one attached hydrogen (secondary N) is 1. The summed E-state index contributed by atoms with van der Waals surface area (Å²) in [6.45, 7) is 0. The third-order valence-electron chi connectivity index (χ3n) is 5.88. The summed E-state index contributed by atoms with van der Waals surface area (Å²) in [5.41, 5.74) is 13.5. The number of hydrogen-bond donors (Lipinski definition) is 1. The molecule has 4 aromatic carbocycles. The van der Waals surface area contributed by atoms with Crippen LogP contribution in [-0.2, 0) is 12.8 Å². The van der Waals surface area contributed by atoms with E-state index in [1.807, 2.05) is 0 Å². The van der Waals surface area contributed by atoms with Crippen molar-refractivity contribution in [3.05, 3.63) is 107 Å². The Morgan fingerprint density at radius 1 is 0.444 bits per heavy atom. The van der Waals surface area contributed by atoms with Crippen molar-refractivity contribution in [2.45, 2.75) is 12.8 Å². The fourth-order valence-corrected chi connectivity index (χ4v) is 4.61. The predicted octanol–water partition coefficient (Wildman–Crippen LogP) is 6.57. The van der Waals surface area contributed by atoms with E-state index < -0.39 is 0 Å². The molecule has 0 unspecified atom stereocenters. The van der Waals surface area contributed by atoms with Crippen LogP contribution in [0.5, 0.6) is 0 Å². The molecular formula is C26H19N. The van der Waals surface area contributed by atoms with Gasteiger partial charge in [0, 0.05) is 11.4 Å². The summed E-state index contributed by atoms with van der Waals surface area (Å²) in [4.78, 5) is 0. The molecule has 1 nitrogen and oxygen atoms in total. The Balaban J connectivity index is 1.31.